The van der Waals surface area contributed by atoms with Crippen LogP contribution in [-0.2, 0) is 9.84 Å². The Bertz CT molecular complexity index is 946. The van der Waals surface area contributed by atoms with Gasteiger partial charge in [0.25, 0.3) is 0 Å². The summed E-state index contributed by atoms with van der Waals surface area (Å²) in [6, 6.07) is 12.8. The first kappa shape index (κ1) is 15.2. The molecule has 0 atom stereocenters. The van der Waals surface area contributed by atoms with E-state index >= 15 is 0 Å². The van der Waals surface area contributed by atoms with Crippen molar-refractivity contribution in [1.82, 2.24) is 4.98 Å². The summed E-state index contributed by atoms with van der Waals surface area (Å²) >= 11 is 0. The first-order valence-corrected chi connectivity index (χ1v) is 8.96. The van der Waals surface area contributed by atoms with E-state index in [2.05, 4.69) is 23.2 Å². The van der Waals surface area contributed by atoms with E-state index in [0.29, 0.717) is 5.56 Å². The number of hydrogen-bond acceptors (Lipinski definition) is 4. The number of hydrogen-bond donors (Lipinski definition) is 0. The van der Waals surface area contributed by atoms with Crippen LogP contribution in [0.25, 0.3) is 11.1 Å². The van der Waals surface area contributed by atoms with Crippen molar-refractivity contribution in [3.05, 3.63) is 71.6 Å². The largest absolute Gasteiger partial charge is 0.255 e. The van der Waals surface area contributed by atoms with Crippen LogP contribution in [0.4, 0.5) is 0 Å². The van der Waals surface area contributed by atoms with Gasteiger partial charge in [-0.05, 0) is 41.8 Å². The third kappa shape index (κ3) is 3.08. The fourth-order valence-electron chi connectivity index (χ4n) is 2.51. The van der Waals surface area contributed by atoms with Crippen molar-refractivity contribution in [2.24, 2.45) is 0 Å². The summed E-state index contributed by atoms with van der Waals surface area (Å²) < 4.78 is 23.0. The molecule has 1 heterocycles. The standard InChI is InChI=1S/C18H14N2O2S/c1-23(21,22)15-9-10-18(20-12-15)17-4-2-3-16(17)14-7-5-13(11-19)6-8-14/h3-10,12H,2H2,1H3. The number of allylic oxidation sites excluding steroid dienone is 4. The smallest absolute Gasteiger partial charge is 0.177 e. The number of rotatable bonds is 3. The summed E-state index contributed by atoms with van der Waals surface area (Å²) in [5.74, 6) is 0. The number of sulfone groups is 1. The molecule has 23 heavy (non-hydrogen) atoms. The van der Waals surface area contributed by atoms with E-state index in [1.54, 1.807) is 24.3 Å². The zero-order chi connectivity index (χ0) is 16.4. The van der Waals surface area contributed by atoms with Gasteiger partial charge in [-0.25, -0.2) is 8.42 Å². The normalized spacial score (nSPS) is 14.1. The molecule has 1 aromatic carbocycles. The van der Waals surface area contributed by atoms with Gasteiger partial charge in [-0.3, -0.25) is 4.98 Å². The second-order valence-electron chi connectivity index (χ2n) is 5.31. The molecule has 114 valence electrons. The molecule has 0 amide bonds. The maximum atomic E-state index is 11.5. The zero-order valence-corrected chi connectivity index (χ0v) is 13.3. The fraction of sp³-hybridized carbons (Fsp3) is 0.111. The monoisotopic (exact) mass is 322 g/mol. The molecule has 1 aliphatic carbocycles. The predicted octanol–water partition coefficient (Wildman–Crippen LogP) is 3.23. The van der Waals surface area contributed by atoms with Gasteiger partial charge in [0.1, 0.15) is 0 Å². The Balaban J connectivity index is 1.94. The van der Waals surface area contributed by atoms with Crippen LogP contribution in [0.3, 0.4) is 0 Å². The minimum Gasteiger partial charge on any atom is -0.255 e. The SMILES string of the molecule is CS(=O)(=O)c1ccc(C2=CCC=C2c2ccc(C#N)cc2)nc1. The molecule has 3 rings (SSSR count). The number of benzene rings is 1. The van der Waals surface area contributed by atoms with E-state index in [0.717, 1.165) is 28.8 Å². The van der Waals surface area contributed by atoms with Gasteiger partial charge >= 0.3 is 0 Å². The van der Waals surface area contributed by atoms with Gasteiger partial charge in [-0.15, -0.1) is 0 Å². The van der Waals surface area contributed by atoms with E-state index in [-0.39, 0.29) is 4.90 Å². The number of pyridine rings is 1. The summed E-state index contributed by atoms with van der Waals surface area (Å²) in [7, 11) is -3.24. The maximum Gasteiger partial charge on any atom is 0.177 e. The number of nitrogens with zero attached hydrogens (tertiary/aromatic N) is 2. The van der Waals surface area contributed by atoms with Crippen LogP contribution >= 0.6 is 0 Å². The molecule has 0 spiro atoms. The molecule has 0 aliphatic heterocycles. The highest BCUT2D eigenvalue weighted by atomic mass is 32.2. The molecule has 5 heteroatoms. The lowest BCUT2D eigenvalue weighted by molar-refractivity contribution is 0.601. The van der Waals surface area contributed by atoms with Crippen molar-refractivity contribution in [1.29, 1.82) is 5.26 Å². The lowest BCUT2D eigenvalue weighted by Crippen LogP contribution is -1.99. The highest BCUT2D eigenvalue weighted by Crippen LogP contribution is 2.35. The second kappa shape index (κ2) is 5.82. The molecule has 0 saturated heterocycles. The van der Waals surface area contributed by atoms with Crippen molar-refractivity contribution in [2.45, 2.75) is 11.3 Å². The minimum atomic E-state index is -3.24. The van der Waals surface area contributed by atoms with Crippen molar-refractivity contribution in [3.63, 3.8) is 0 Å². The highest BCUT2D eigenvalue weighted by molar-refractivity contribution is 7.90. The maximum absolute atomic E-state index is 11.5. The number of aromatic nitrogens is 1. The van der Waals surface area contributed by atoms with E-state index in [1.165, 1.54) is 12.5 Å². The minimum absolute atomic E-state index is 0.212. The third-order valence-corrected chi connectivity index (χ3v) is 4.80. The topological polar surface area (TPSA) is 70.8 Å². The average Bonchev–Trinajstić information content (AvgIpc) is 3.04. The van der Waals surface area contributed by atoms with Gasteiger partial charge in [0.15, 0.2) is 9.84 Å². The third-order valence-electron chi connectivity index (χ3n) is 3.70. The van der Waals surface area contributed by atoms with Gasteiger partial charge in [0.05, 0.1) is 22.2 Å². The van der Waals surface area contributed by atoms with Crippen LogP contribution in [0.1, 0.15) is 23.2 Å². The molecule has 1 aromatic heterocycles. The molecule has 2 aromatic rings. The van der Waals surface area contributed by atoms with Gasteiger partial charge < -0.3 is 0 Å². The molecule has 0 saturated carbocycles. The number of nitriles is 1. The Morgan fingerprint density at radius 3 is 2.30 bits per heavy atom. The fourth-order valence-corrected chi connectivity index (χ4v) is 3.07. The Morgan fingerprint density at radius 1 is 1.04 bits per heavy atom. The van der Waals surface area contributed by atoms with Gasteiger partial charge in [-0.1, -0.05) is 24.3 Å². The van der Waals surface area contributed by atoms with E-state index in [4.69, 9.17) is 5.26 Å². The van der Waals surface area contributed by atoms with Crippen LogP contribution in [-0.4, -0.2) is 19.7 Å². The highest BCUT2D eigenvalue weighted by Gasteiger charge is 2.16. The molecule has 0 fully saturated rings. The average molecular weight is 322 g/mol. The molecular formula is C18H14N2O2S. The van der Waals surface area contributed by atoms with Crippen molar-refractivity contribution in [3.8, 4) is 6.07 Å². The molecule has 4 nitrogen and oxygen atoms in total. The predicted molar refractivity (Wildman–Crippen MR) is 89.1 cm³/mol. The summed E-state index contributed by atoms with van der Waals surface area (Å²) in [5, 5.41) is 8.88. The van der Waals surface area contributed by atoms with Crippen LogP contribution in [0.5, 0.6) is 0 Å². The molecule has 0 N–H and O–H groups in total. The van der Waals surface area contributed by atoms with Gasteiger partial charge in [0, 0.05) is 18.0 Å². The Labute approximate surface area is 135 Å². The second-order valence-corrected chi connectivity index (χ2v) is 7.33. The summed E-state index contributed by atoms with van der Waals surface area (Å²) in [6.07, 6.45) is 7.53. The van der Waals surface area contributed by atoms with Gasteiger partial charge in [-0.2, -0.15) is 5.26 Å². The first-order valence-electron chi connectivity index (χ1n) is 7.07. The van der Waals surface area contributed by atoms with E-state index in [1.807, 2.05) is 12.1 Å². The molecule has 0 unspecified atom stereocenters. The molecule has 0 bridgehead atoms. The first-order chi connectivity index (χ1) is 11.0. The molecular weight excluding hydrogens is 308 g/mol. The Kier molecular flexibility index (Phi) is 3.85. The van der Waals surface area contributed by atoms with Crippen LogP contribution in [0, 0.1) is 11.3 Å². The lowest BCUT2D eigenvalue weighted by Gasteiger charge is -2.09. The Morgan fingerprint density at radius 2 is 1.74 bits per heavy atom. The lowest BCUT2D eigenvalue weighted by atomic mass is 9.97. The van der Waals surface area contributed by atoms with Crippen LogP contribution in [0.15, 0.2) is 59.6 Å². The summed E-state index contributed by atoms with van der Waals surface area (Å²) in [4.78, 5) is 4.51. The van der Waals surface area contributed by atoms with Crippen molar-refractivity contribution in [2.75, 3.05) is 6.26 Å². The van der Waals surface area contributed by atoms with Crippen LogP contribution < -0.4 is 0 Å². The Hall–Kier alpha value is -2.71. The van der Waals surface area contributed by atoms with Crippen molar-refractivity contribution >= 4 is 21.0 Å². The van der Waals surface area contributed by atoms with Crippen molar-refractivity contribution < 1.29 is 8.42 Å². The van der Waals surface area contributed by atoms with E-state index in [9.17, 15) is 8.42 Å². The quantitative estimate of drug-likeness (QED) is 0.870. The zero-order valence-electron chi connectivity index (χ0n) is 12.5. The van der Waals surface area contributed by atoms with Crippen LogP contribution in [0.2, 0.25) is 0 Å². The van der Waals surface area contributed by atoms with E-state index < -0.39 is 9.84 Å². The van der Waals surface area contributed by atoms with Gasteiger partial charge in [0.2, 0.25) is 0 Å². The summed E-state index contributed by atoms with van der Waals surface area (Å²) in [5.41, 5.74) is 4.41. The molecule has 0 radical (unpaired) electrons. The molecule has 1 aliphatic rings. The summed E-state index contributed by atoms with van der Waals surface area (Å²) in [6.45, 7) is 0.